The van der Waals surface area contributed by atoms with Crippen molar-refractivity contribution >= 4 is 107 Å². The number of halogens is 6. The smallest absolute Gasteiger partial charge is 0.170 e. The average Bonchev–Trinajstić information content (AvgIpc) is 3.98. The van der Waals surface area contributed by atoms with Gasteiger partial charge in [-0.25, -0.2) is 54.8 Å². The molecule has 29 heteroatoms. The molecule has 6 aromatic rings. The van der Waals surface area contributed by atoms with Crippen molar-refractivity contribution in [2.24, 2.45) is 0 Å². The second-order valence-electron chi connectivity index (χ2n) is 20.3. The molecule has 5 fully saturated rings. The van der Waals surface area contributed by atoms with Crippen LogP contribution in [0.25, 0.3) is 0 Å². The molecule has 6 N–H and O–H groups in total. The lowest BCUT2D eigenvalue weighted by atomic mass is 9.91. The van der Waals surface area contributed by atoms with Gasteiger partial charge < -0.3 is 45.0 Å². The maximum atomic E-state index is 10.4. The van der Waals surface area contributed by atoms with Crippen molar-refractivity contribution in [2.75, 3.05) is 77.7 Å². The average molecular weight is 1550 g/mol. The normalized spacial score (nSPS) is 19.1. The Labute approximate surface area is 538 Å². The molecule has 0 aromatic carbocycles. The molecular formula is C54H70Br6N14O8S. The summed E-state index contributed by atoms with van der Waals surface area (Å²) in [6, 6.07) is 0. The van der Waals surface area contributed by atoms with E-state index in [4.69, 9.17) is 9.47 Å². The molecule has 1 unspecified atom stereocenters. The predicted octanol–water partition coefficient (Wildman–Crippen LogP) is 8.42. The molecule has 1 aliphatic carbocycles. The molecule has 1 saturated carbocycles. The predicted molar refractivity (Wildman–Crippen MR) is 333 cm³/mol. The summed E-state index contributed by atoms with van der Waals surface area (Å²) in [7, 11) is 2.06. The topological polar surface area (TPSA) is 301 Å². The van der Waals surface area contributed by atoms with Crippen molar-refractivity contribution < 1.29 is 40.1 Å². The highest BCUT2D eigenvalue weighted by molar-refractivity contribution is 9.11. The van der Waals surface area contributed by atoms with Gasteiger partial charge in [-0.3, -0.25) is 9.88 Å². The summed E-state index contributed by atoms with van der Waals surface area (Å²) in [5.41, 5.74) is -3.63. The summed E-state index contributed by atoms with van der Waals surface area (Å²) in [6.07, 6.45) is 27.1. The van der Waals surface area contributed by atoms with Gasteiger partial charge in [0.05, 0.1) is 66.9 Å². The van der Waals surface area contributed by atoms with Crippen LogP contribution in [0.15, 0.2) is 101 Å². The van der Waals surface area contributed by atoms with Gasteiger partial charge in [0, 0.05) is 94.7 Å². The number of aliphatic hydroxyl groups excluding tert-OH is 1. The second-order valence-corrected chi connectivity index (χ2v) is 26.9. The first-order valence-corrected chi connectivity index (χ1v) is 32.8. The van der Waals surface area contributed by atoms with Crippen LogP contribution >= 0.6 is 107 Å². The molecule has 4 aliphatic heterocycles. The van der Waals surface area contributed by atoms with Crippen LogP contribution in [0.1, 0.15) is 119 Å². The Hall–Kier alpha value is -2.69. The maximum Gasteiger partial charge on any atom is 0.170 e. The van der Waals surface area contributed by atoms with Gasteiger partial charge in [-0.1, -0.05) is 13.8 Å². The van der Waals surface area contributed by atoms with E-state index in [1.54, 1.807) is 74.4 Å². The van der Waals surface area contributed by atoms with Crippen LogP contribution in [-0.2, 0) is 37.5 Å². The van der Waals surface area contributed by atoms with E-state index in [2.05, 4.69) is 172 Å². The van der Waals surface area contributed by atoms with Crippen molar-refractivity contribution in [3.05, 3.63) is 136 Å². The number of nitrogens with zero attached hydrogens (tertiary/aromatic N) is 14. The van der Waals surface area contributed by atoms with E-state index >= 15 is 0 Å². The van der Waals surface area contributed by atoms with Crippen molar-refractivity contribution in [3.63, 3.8) is 0 Å². The number of morpholine rings is 1. The molecule has 0 amide bonds. The van der Waals surface area contributed by atoms with Gasteiger partial charge in [0.15, 0.2) is 34.7 Å². The first-order valence-electron chi connectivity index (χ1n) is 26.9. The lowest BCUT2D eigenvalue weighted by Crippen LogP contribution is -2.47. The van der Waals surface area contributed by atoms with Crippen LogP contribution in [-0.4, -0.2) is 178 Å². The van der Waals surface area contributed by atoms with E-state index in [1.807, 2.05) is 25.6 Å². The SMILES string of the molecule is CCC(O)(CC)c1ncc(Br)cn1.CN1CCC(O)(c2ncc(Br)cn2)CC1.OC(CN1CCOCC1)c1cnc(Br)cn1.OC1(c2ncc(Br)cn2)CCCC1.OC1(c2ncc(Br)cn2)CCSCC1.OC1(c2ncc(Br)cn2)COC1. The molecule has 11 rings (SSSR count). The Kier molecular flexibility index (Phi) is 28.1. The highest BCUT2D eigenvalue weighted by Crippen LogP contribution is 2.37. The third-order valence-corrected chi connectivity index (χ3v) is 17.6. The summed E-state index contributed by atoms with van der Waals surface area (Å²) in [5.74, 6) is 4.55. The molecular weight excluding hydrogens is 1480 g/mol. The highest BCUT2D eigenvalue weighted by atomic mass is 79.9. The fraction of sp³-hybridized carbons (Fsp3) is 0.556. The fourth-order valence-electron chi connectivity index (χ4n) is 8.70. The number of hydrogen-bond donors (Lipinski definition) is 6. The van der Waals surface area contributed by atoms with Gasteiger partial charge in [0.1, 0.15) is 33.1 Å². The number of rotatable bonds is 10. The zero-order valence-electron chi connectivity index (χ0n) is 46.3. The van der Waals surface area contributed by atoms with Crippen LogP contribution in [0.4, 0.5) is 0 Å². The molecule has 10 heterocycles. The van der Waals surface area contributed by atoms with E-state index in [1.165, 1.54) is 0 Å². The number of hydrogen-bond acceptors (Lipinski definition) is 23. The lowest BCUT2D eigenvalue weighted by molar-refractivity contribution is -0.189. The molecule has 5 aliphatic rings. The Morgan fingerprint density at radius 3 is 1.27 bits per heavy atom. The molecule has 0 spiro atoms. The van der Waals surface area contributed by atoms with Crippen molar-refractivity contribution in [1.29, 1.82) is 0 Å². The Balaban J connectivity index is 0.000000160. The maximum absolute atomic E-state index is 10.4. The highest BCUT2D eigenvalue weighted by Gasteiger charge is 2.41. The molecule has 4 saturated heterocycles. The molecule has 0 radical (unpaired) electrons. The van der Waals surface area contributed by atoms with E-state index in [0.29, 0.717) is 71.6 Å². The van der Waals surface area contributed by atoms with Crippen LogP contribution in [0.5, 0.6) is 0 Å². The molecule has 0 bridgehead atoms. The van der Waals surface area contributed by atoms with Crippen molar-refractivity contribution in [1.82, 2.24) is 69.6 Å². The summed E-state index contributed by atoms with van der Waals surface area (Å²) in [4.78, 5) is 53.6. The molecule has 6 aromatic heterocycles. The van der Waals surface area contributed by atoms with E-state index in [-0.39, 0.29) is 13.2 Å². The number of aliphatic hydroxyl groups is 6. The summed E-state index contributed by atoms with van der Waals surface area (Å²) in [6.45, 7) is 9.97. The molecule has 452 valence electrons. The van der Waals surface area contributed by atoms with Gasteiger partial charge >= 0.3 is 0 Å². The monoisotopic (exact) mass is 1550 g/mol. The number of ether oxygens (including phenoxy) is 2. The van der Waals surface area contributed by atoms with Crippen LogP contribution in [0.2, 0.25) is 0 Å². The Morgan fingerprint density at radius 2 is 0.892 bits per heavy atom. The van der Waals surface area contributed by atoms with E-state index < -0.39 is 34.1 Å². The molecule has 83 heavy (non-hydrogen) atoms. The first-order chi connectivity index (χ1) is 39.6. The number of likely N-dealkylation sites (tertiary alicyclic amines) is 1. The fourth-order valence-corrected chi connectivity index (χ4v) is 11.1. The van der Waals surface area contributed by atoms with E-state index in [0.717, 1.165) is 112 Å². The first kappa shape index (κ1) is 69.4. The third-order valence-electron chi connectivity index (χ3n) is 14.1. The quantitative estimate of drug-likeness (QED) is 0.0750. The Bertz CT molecular complexity index is 2780. The van der Waals surface area contributed by atoms with Gasteiger partial charge in [-0.15, -0.1) is 0 Å². The number of aromatic nitrogens is 12. The van der Waals surface area contributed by atoms with Crippen LogP contribution in [0, 0.1) is 0 Å². The minimum absolute atomic E-state index is 0.286. The van der Waals surface area contributed by atoms with Crippen molar-refractivity contribution in [2.45, 2.75) is 112 Å². The van der Waals surface area contributed by atoms with Gasteiger partial charge in [-0.05, 0) is 178 Å². The Morgan fingerprint density at radius 1 is 0.506 bits per heavy atom. The minimum atomic E-state index is -0.958. The number of β-amino-alcohol motifs (C(OH)–C–C–N with tert-alkyl or cyclic N) is 1. The lowest BCUT2D eigenvalue weighted by Gasteiger charge is -2.35. The zero-order valence-corrected chi connectivity index (χ0v) is 56.6. The second kappa shape index (κ2) is 33.6. The largest absolute Gasteiger partial charge is 0.385 e. The van der Waals surface area contributed by atoms with Gasteiger partial charge in [-0.2, -0.15) is 11.8 Å². The third kappa shape index (κ3) is 21.6. The summed E-state index contributed by atoms with van der Waals surface area (Å²) < 4.78 is 15.0. The minimum Gasteiger partial charge on any atom is -0.385 e. The molecule has 1 atom stereocenters. The van der Waals surface area contributed by atoms with Gasteiger partial charge in [0.25, 0.3) is 0 Å². The van der Waals surface area contributed by atoms with Gasteiger partial charge in [0.2, 0.25) is 0 Å². The van der Waals surface area contributed by atoms with Crippen LogP contribution in [0.3, 0.4) is 0 Å². The van der Waals surface area contributed by atoms with Crippen LogP contribution < -0.4 is 0 Å². The number of thioether (sulfide) groups is 1. The van der Waals surface area contributed by atoms with E-state index in [9.17, 15) is 30.6 Å². The summed E-state index contributed by atoms with van der Waals surface area (Å²) in [5, 5.41) is 60.5. The standard InChI is InChI=1S/C10H14BrN3O2.C10H14BrN3O.C9H11BrN2OS.C9H11BrN2O.C9H13BrN2O.C7H7BrN2O2/c11-10-6-12-8(5-13-10)9(15)7-14-1-3-16-4-2-14;1-14-4-2-10(15,3-5-14)9-12-6-8(11)7-13-9;10-7-5-11-8(12-6-7)9(13)1-3-14-4-2-9;10-7-5-11-8(12-6-7)9(13)3-1-2-4-9;1-3-9(13,4-2)8-11-5-7(10)6-12-8;8-5-1-9-6(10-2-5)7(11)3-12-4-7/h5-6,9,15H,1-4,7H2;6-7,15H,2-5H2,1H3;5-6,13H,1-4H2;5-6,13H,1-4H2;5-6,13H,3-4H2,1-2H3;1-2,11H,3-4H2. The number of piperidine rings is 1. The van der Waals surface area contributed by atoms with Crippen molar-refractivity contribution in [3.8, 4) is 0 Å². The zero-order chi connectivity index (χ0) is 60.1. The summed E-state index contributed by atoms with van der Waals surface area (Å²) >= 11 is 21.4. The molecule has 22 nitrogen and oxygen atoms in total.